The van der Waals surface area contributed by atoms with E-state index in [9.17, 15) is 23.3 Å². The fourth-order valence-electron chi connectivity index (χ4n) is 3.43. The fourth-order valence-corrected chi connectivity index (χ4v) is 4.80. The van der Waals surface area contributed by atoms with Gasteiger partial charge in [0.25, 0.3) is 11.6 Å². The van der Waals surface area contributed by atoms with E-state index >= 15 is 0 Å². The van der Waals surface area contributed by atoms with E-state index in [0.29, 0.717) is 37.4 Å². The summed E-state index contributed by atoms with van der Waals surface area (Å²) in [5.74, 6) is -0.191. The number of hydrogen-bond acceptors (Lipinski definition) is 6. The first-order valence-corrected chi connectivity index (χ1v) is 11.4. The van der Waals surface area contributed by atoms with E-state index in [0.717, 1.165) is 0 Å². The second-order valence-corrected chi connectivity index (χ2v) is 9.66. The van der Waals surface area contributed by atoms with Crippen LogP contribution in [0, 0.1) is 10.1 Å². The summed E-state index contributed by atoms with van der Waals surface area (Å²) in [4.78, 5) is 27.4. The Labute approximate surface area is 182 Å². The maximum absolute atomic E-state index is 12.9. The number of amides is 1. The molecule has 9 nitrogen and oxygen atoms in total. The van der Waals surface area contributed by atoms with Gasteiger partial charge in [-0.2, -0.15) is 4.31 Å². The van der Waals surface area contributed by atoms with Crippen LogP contribution in [-0.2, 0) is 10.0 Å². The van der Waals surface area contributed by atoms with E-state index < -0.39 is 14.9 Å². The molecule has 2 aromatic rings. The Balaban J connectivity index is 1.68. The Morgan fingerprint density at radius 1 is 1.03 bits per heavy atom. The van der Waals surface area contributed by atoms with Crippen LogP contribution in [0.15, 0.2) is 53.4 Å². The van der Waals surface area contributed by atoms with Crippen LogP contribution < -0.4 is 4.90 Å². The third kappa shape index (κ3) is 4.70. The molecular weight excluding hydrogens is 420 g/mol. The second kappa shape index (κ2) is 9.03. The molecular formula is C21H26N4O5S. The first kappa shape index (κ1) is 22.7. The summed E-state index contributed by atoms with van der Waals surface area (Å²) in [5.41, 5.74) is 0.999. The van der Waals surface area contributed by atoms with Crippen molar-refractivity contribution in [1.29, 1.82) is 0 Å². The van der Waals surface area contributed by atoms with Crippen molar-refractivity contribution < 1.29 is 18.1 Å². The minimum absolute atomic E-state index is 0.0467. The van der Waals surface area contributed by atoms with Crippen molar-refractivity contribution in [1.82, 2.24) is 9.21 Å². The molecule has 31 heavy (non-hydrogen) atoms. The van der Waals surface area contributed by atoms with Crippen molar-refractivity contribution in [3.05, 3.63) is 64.2 Å². The molecule has 1 aliphatic rings. The van der Waals surface area contributed by atoms with E-state index in [1.165, 1.54) is 41.7 Å². The number of para-hydroxylation sites is 2. The smallest absolute Gasteiger partial charge is 0.292 e. The van der Waals surface area contributed by atoms with Crippen molar-refractivity contribution >= 4 is 27.3 Å². The summed E-state index contributed by atoms with van der Waals surface area (Å²) in [6.45, 7) is 5.37. The van der Waals surface area contributed by atoms with Gasteiger partial charge in [-0.3, -0.25) is 14.9 Å². The summed E-state index contributed by atoms with van der Waals surface area (Å²) in [7, 11) is -2.08. The number of anilines is 1. The molecule has 0 spiro atoms. The molecule has 0 aliphatic carbocycles. The van der Waals surface area contributed by atoms with Crippen molar-refractivity contribution in [3.8, 4) is 0 Å². The average Bonchev–Trinajstić information content (AvgIpc) is 2.78. The topological polar surface area (TPSA) is 104 Å². The number of hydrogen-bond donors (Lipinski definition) is 0. The molecule has 0 N–H and O–H groups in total. The van der Waals surface area contributed by atoms with Gasteiger partial charge in [-0.05, 0) is 44.2 Å². The minimum Gasteiger partial charge on any atom is -0.362 e. The number of carbonyl (C=O) groups excluding carboxylic acids is 1. The lowest BCUT2D eigenvalue weighted by atomic mass is 10.1. The predicted molar refractivity (Wildman–Crippen MR) is 118 cm³/mol. The van der Waals surface area contributed by atoms with E-state index in [2.05, 4.69) is 0 Å². The Morgan fingerprint density at radius 2 is 1.61 bits per heavy atom. The highest BCUT2D eigenvalue weighted by Crippen LogP contribution is 2.28. The summed E-state index contributed by atoms with van der Waals surface area (Å²) in [6.07, 6.45) is 0. The number of rotatable bonds is 6. The Hall–Kier alpha value is -2.98. The lowest BCUT2D eigenvalue weighted by Gasteiger charge is -2.35. The fraction of sp³-hybridized carbons (Fsp3) is 0.381. The average molecular weight is 447 g/mol. The number of piperazine rings is 1. The van der Waals surface area contributed by atoms with Gasteiger partial charge in [-0.1, -0.05) is 12.1 Å². The van der Waals surface area contributed by atoms with Crippen LogP contribution in [0.1, 0.15) is 24.2 Å². The van der Waals surface area contributed by atoms with Crippen molar-refractivity contribution in [3.63, 3.8) is 0 Å². The van der Waals surface area contributed by atoms with Gasteiger partial charge in [0, 0.05) is 50.9 Å². The van der Waals surface area contributed by atoms with E-state index in [1.807, 2.05) is 4.90 Å². The number of nitro groups is 1. The second-order valence-electron chi connectivity index (χ2n) is 7.66. The lowest BCUT2D eigenvalue weighted by molar-refractivity contribution is -0.384. The van der Waals surface area contributed by atoms with Crippen molar-refractivity contribution in [2.24, 2.45) is 0 Å². The molecule has 3 rings (SSSR count). The number of nitro benzene ring substituents is 1. The zero-order valence-electron chi connectivity index (χ0n) is 17.8. The van der Waals surface area contributed by atoms with Crippen LogP contribution in [0.3, 0.4) is 0 Å². The molecule has 0 saturated carbocycles. The van der Waals surface area contributed by atoms with Gasteiger partial charge < -0.3 is 9.80 Å². The van der Waals surface area contributed by atoms with E-state index in [1.54, 1.807) is 36.9 Å². The lowest BCUT2D eigenvalue weighted by Crippen LogP contribution is -2.49. The molecule has 0 bridgehead atoms. The van der Waals surface area contributed by atoms with E-state index in [-0.39, 0.29) is 22.5 Å². The molecule has 0 atom stereocenters. The normalized spacial score (nSPS) is 14.9. The maximum Gasteiger partial charge on any atom is 0.292 e. The molecule has 0 radical (unpaired) electrons. The summed E-state index contributed by atoms with van der Waals surface area (Å²) < 4.78 is 26.4. The highest BCUT2D eigenvalue weighted by molar-refractivity contribution is 7.89. The summed E-state index contributed by atoms with van der Waals surface area (Å²) in [6, 6.07) is 12.3. The highest BCUT2D eigenvalue weighted by atomic mass is 32.2. The van der Waals surface area contributed by atoms with Crippen LogP contribution in [0.2, 0.25) is 0 Å². The third-order valence-electron chi connectivity index (χ3n) is 5.49. The largest absolute Gasteiger partial charge is 0.362 e. The zero-order chi connectivity index (χ0) is 22.8. The Kier molecular flexibility index (Phi) is 6.61. The highest BCUT2D eigenvalue weighted by Gasteiger charge is 2.27. The number of nitrogens with zero attached hydrogens (tertiary/aromatic N) is 4. The van der Waals surface area contributed by atoms with Crippen LogP contribution in [0.4, 0.5) is 11.4 Å². The van der Waals surface area contributed by atoms with Gasteiger partial charge >= 0.3 is 0 Å². The standard InChI is InChI=1S/C21H26N4O5S/c1-16(2)22(3)31(29,30)18-10-8-17(9-11-18)21(26)24-14-12-23(13-15-24)19-6-4-5-7-20(19)25(27)28/h4-11,16H,12-15H2,1-3H3. The molecule has 1 saturated heterocycles. The molecule has 10 heteroatoms. The molecule has 0 unspecified atom stereocenters. The van der Waals surface area contributed by atoms with Crippen molar-refractivity contribution in [2.75, 3.05) is 38.1 Å². The summed E-state index contributed by atoms with van der Waals surface area (Å²) >= 11 is 0. The van der Waals surface area contributed by atoms with Gasteiger partial charge in [-0.15, -0.1) is 0 Å². The molecule has 1 fully saturated rings. The van der Waals surface area contributed by atoms with Crippen molar-refractivity contribution in [2.45, 2.75) is 24.8 Å². The Morgan fingerprint density at radius 3 is 2.16 bits per heavy atom. The molecule has 2 aromatic carbocycles. The summed E-state index contributed by atoms with van der Waals surface area (Å²) in [5, 5.41) is 11.3. The van der Waals surface area contributed by atoms with E-state index in [4.69, 9.17) is 0 Å². The van der Waals surface area contributed by atoms with Crippen LogP contribution >= 0.6 is 0 Å². The minimum atomic E-state index is -3.61. The molecule has 1 aliphatic heterocycles. The van der Waals surface area contributed by atoms with Gasteiger partial charge in [0.05, 0.1) is 9.82 Å². The zero-order valence-corrected chi connectivity index (χ0v) is 18.6. The quantitative estimate of drug-likeness (QED) is 0.499. The first-order valence-electron chi connectivity index (χ1n) is 9.98. The first-order chi connectivity index (χ1) is 14.6. The molecule has 1 heterocycles. The van der Waals surface area contributed by atoms with Crippen LogP contribution in [0.25, 0.3) is 0 Å². The maximum atomic E-state index is 12.9. The van der Waals surface area contributed by atoms with Gasteiger partial charge in [-0.25, -0.2) is 8.42 Å². The van der Waals surface area contributed by atoms with Crippen LogP contribution in [0.5, 0.6) is 0 Å². The number of carbonyl (C=O) groups is 1. The Bertz CT molecular complexity index is 1060. The monoisotopic (exact) mass is 446 g/mol. The molecule has 0 aromatic heterocycles. The molecule has 1 amide bonds. The predicted octanol–water partition coefficient (Wildman–Crippen LogP) is 2.59. The third-order valence-corrected chi connectivity index (χ3v) is 7.54. The van der Waals surface area contributed by atoms with Gasteiger partial charge in [0.2, 0.25) is 10.0 Å². The molecule has 166 valence electrons. The van der Waals surface area contributed by atoms with Crippen LogP contribution in [-0.4, -0.2) is 67.7 Å². The van der Waals surface area contributed by atoms with Gasteiger partial charge in [0.15, 0.2) is 0 Å². The number of benzene rings is 2. The SMILES string of the molecule is CC(C)N(C)S(=O)(=O)c1ccc(C(=O)N2CCN(c3ccccc3[N+](=O)[O-])CC2)cc1. The van der Waals surface area contributed by atoms with Gasteiger partial charge in [0.1, 0.15) is 5.69 Å². The number of sulfonamides is 1.